The second kappa shape index (κ2) is 6.16. The molecule has 1 aliphatic heterocycles. The zero-order valence-corrected chi connectivity index (χ0v) is 13.9. The second-order valence-corrected chi connectivity index (χ2v) is 8.67. The summed E-state index contributed by atoms with van der Waals surface area (Å²) in [5, 5.41) is 5.23. The predicted octanol–water partition coefficient (Wildman–Crippen LogP) is 0.277. The molecule has 2 N–H and O–H groups in total. The zero-order valence-electron chi connectivity index (χ0n) is 13.0. The van der Waals surface area contributed by atoms with Crippen LogP contribution in [0.3, 0.4) is 0 Å². The van der Waals surface area contributed by atoms with E-state index in [1.54, 1.807) is 12.1 Å². The van der Waals surface area contributed by atoms with Crippen molar-refractivity contribution in [1.82, 2.24) is 10.6 Å². The lowest BCUT2D eigenvalue weighted by molar-refractivity contribution is -0.127. The molecule has 0 aromatic heterocycles. The Morgan fingerprint density at radius 3 is 2.42 bits per heavy atom. The van der Waals surface area contributed by atoms with Gasteiger partial charge < -0.3 is 10.6 Å². The molecule has 0 bridgehead atoms. The number of amides is 2. The minimum atomic E-state index is -3.06. The highest BCUT2D eigenvalue weighted by Crippen LogP contribution is 2.48. The van der Waals surface area contributed by atoms with E-state index in [0.717, 1.165) is 5.56 Å². The fourth-order valence-electron chi connectivity index (χ4n) is 3.06. The van der Waals surface area contributed by atoms with Crippen LogP contribution < -0.4 is 10.6 Å². The molecule has 1 saturated heterocycles. The van der Waals surface area contributed by atoms with Gasteiger partial charge in [0.2, 0.25) is 11.8 Å². The Balaban J connectivity index is 1.52. The van der Waals surface area contributed by atoms with E-state index in [0.29, 0.717) is 19.3 Å². The normalized spacial score (nSPS) is 23.5. The number of halogens is 1. The summed E-state index contributed by atoms with van der Waals surface area (Å²) in [6, 6.07) is 5.43. The number of hydrogen-bond donors (Lipinski definition) is 2. The molecule has 1 aromatic rings. The average Bonchev–Trinajstić information content (AvgIpc) is 3.26. The van der Waals surface area contributed by atoms with Crippen LogP contribution in [0.5, 0.6) is 0 Å². The van der Waals surface area contributed by atoms with Crippen LogP contribution in [-0.4, -0.2) is 44.3 Å². The minimum Gasteiger partial charge on any atom is -0.351 e. The van der Waals surface area contributed by atoms with E-state index >= 15 is 0 Å². The summed E-state index contributed by atoms with van der Waals surface area (Å²) in [4.78, 5) is 24.2. The first-order valence-electron chi connectivity index (χ1n) is 7.85. The van der Waals surface area contributed by atoms with Gasteiger partial charge in [0.1, 0.15) is 5.82 Å². The van der Waals surface area contributed by atoms with Gasteiger partial charge >= 0.3 is 0 Å². The Morgan fingerprint density at radius 1 is 1.21 bits per heavy atom. The Hall–Kier alpha value is -1.96. The van der Waals surface area contributed by atoms with Gasteiger partial charge in [0.25, 0.3) is 0 Å². The summed E-state index contributed by atoms with van der Waals surface area (Å²) >= 11 is 0. The van der Waals surface area contributed by atoms with Crippen molar-refractivity contribution in [2.45, 2.75) is 30.7 Å². The molecule has 24 heavy (non-hydrogen) atoms. The van der Waals surface area contributed by atoms with Gasteiger partial charge in [-0.05, 0) is 37.0 Å². The van der Waals surface area contributed by atoms with Crippen LogP contribution in [0.4, 0.5) is 4.39 Å². The third-order valence-electron chi connectivity index (χ3n) is 4.59. The van der Waals surface area contributed by atoms with Crippen LogP contribution in [0, 0.1) is 5.82 Å². The van der Waals surface area contributed by atoms with Gasteiger partial charge in [-0.3, -0.25) is 9.59 Å². The summed E-state index contributed by atoms with van der Waals surface area (Å²) in [5.41, 5.74) is 0.0636. The highest BCUT2D eigenvalue weighted by Gasteiger charge is 2.51. The quantitative estimate of drug-likeness (QED) is 0.794. The van der Waals surface area contributed by atoms with Gasteiger partial charge in [-0.25, -0.2) is 12.8 Å². The van der Waals surface area contributed by atoms with E-state index in [4.69, 9.17) is 0 Å². The predicted molar refractivity (Wildman–Crippen MR) is 85.5 cm³/mol. The molecule has 2 fully saturated rings. The van der Waals surface area contributed by atoms with E-state index in [1.165, 1.54) is 12.1 Å². The lowest BCUT2D eigenvalue weighted by Crippen LogP contribution is -2.45. The van der Waals surface area contributed by atoms with Crippen molar-refractivity contribution in [2.75, 3.05) is 18.1 Å². The Bertz CT molecular complexity index is 757. The van der Waals surface area contributed by atoms with E-state index in [1.807, 2.05) is 0 Å². The third-order valence-corrected chi connectivity index (χ3v) is 6.36. The number of rotatable bonds is 5. The summed E-state index contributed by atoms with van der Waals surface area (Å²) in [5.74, 6) is -0.992. The summed E-state index contributed by atoms with van der Waals surface area (Å²) in [6.07, 6.45) is 1.72. The van der Waals surface area contributed by atoms with Crippen molar-refractivity contribution in [3.63, 3.8) is 0 Å². The minimum absolute atomic E-state index is 0.0494. The lowest BCUT2D eigenvalue weighted by Gasteiger charge is -2.16. The van der Waals surface area contributed by atoms with Crippen molar-refractivity contribution >= 4 is 21.7 Å². The molecule has 1 aliphatic carbocycles. The molecule has 0 radical (unpaired) electrons. The highest BCUT2D eigenvalue weighted by molar-refractivity contribution is 7.91. The van der Waals surface area contributed by atoms with E-state index in [-0.39, 0.29) is 35.8 Å². The summed E-state index contributed by atoms with van der Waals surface area (Å²) < 4.78 is 35.7. The van der Waals surface area contributed by atoms with Crippen LogP contribution in [0.15, 0.2) is 24.3 Å². The SMILES string of the molecule is O=C(CNC(=O)C1(c2ccc(F)cc2)CC1)N[C@H]1CCS(=O)(=O)C1. The molecule has 2 amide bonds. The van der Waals surface area contributed by atoms with Gasteiger partial charge in [-0.2, -0.15) is 0 Å². The van der Waals surface area contributed by atoms with Crippen LogP contribution in [-0.2, 0) is 24.8 Å². The van der Waals surface area contributed by atoms with E-state index in [9.17, 15) is 22.4 Å². The maximum Gasteiger partial charge on any atom is 0.239 e. The number of hydrogen-bond acceptors (Lipinski definition) is 4. The first kappa shape index (κ1) is 16.9. The Kier molecular flexibility index (Phi) is 4.33. The molecule has 2 aliphatic rings. The zero-order chi connectivity index (χ0) is 17.4. The van der Waals surface area contributed by atoms with Crippen molar-refractivity contribution in [3.05, 3.63) is 35.6 Å². The Morgan fingerprint density at radius 2 is 1.88 bits per heavy atom. The van der Waals surface area contributed by atoms with Gasteiger partial charge in [-0.1, -0.05) is 12.1 Å². The standard InChI is InChI=1S/C16H19FN2O4S/c17-12-3-1-11(2-4-12)16(6-7-16)15(21)18-9-14(20)19-13-5-8-24(22,23)10-13/h1-4,13H,5-10H2,(H,18,21)(H,19,20)/t13-/m0/s1. The summed E-state index contributed by atoms with van der Waals surface area (Å²) in [7, 11) is -3.06. The summed E-state index contributed by atoms with van der Waals surface area (Å²) in [6.45, 7) is -0.196. The molecule has 1 aromatic carbocycles. The number of nitrogens with one attached hydrogen (secondary N) is 2. The van der Waals surface area contributed by atoms with Gasteiger partial charge in [0, 0.05) is 6.04 Å². The van der Waals surface area contributed by atoms with E-state index < -0.39 is 21.2 Å². The molecule has 1 saturated carbocycles. The number of sulfone groups is 1. The molecule has 0 spiro atoms. The smallest absolute Gasteiger partial charge is 0.239 e. The molecular weight excluding hydrogens is 335 g/mol. The van der Waals surface area contributed by atoms with Gasteiger partial charge in [0.05, 0.1) is 23.5 Å². The first-order valence-corrected chi connectivity index (χ1v) is 9.67. The monoisotopic (exact) mass is 354 g/mol. The number of carbonyl (C=O) groups is 2. The van der Waals surface area contributed by atoms with Crippen molar-refractivity contribution in [2.24, 2.45) is 0 Å². The van der Waals surface area contributed by atoms with Gasteiger partial charge in [-0.15, -0.1) is 0 Å². The maximum atomic E-state index is 13.0. The largest absolute Gasteiger partial charge is 0.351 e. The third kappa shape index (κ3) is 3.58. The van der Waals surface area contributed by atoms with E-state index in [2.05, 4.69) is 10.6 Å². The van der Waals surface area contributed by atoms with Crippen molar-refractivity contribution < 1.29 is 22.4 Å². The fraction of sp³-hybridized carbons (Fsp3) is 0.500. The molecule has 8 heteroatoms. The highest BCUT2D eigenvalue weighted by atomic mass is 32.2. The fourth-order valence-corrected chi connectivity index (χ4v) is 4.73. The topological polar surface area (TPSA) is 92.3 Å². The van der Waals surface area contributed by atoms with Crippen LogP contribution in [0.25, 0.3) is 0 Å². The first-order chi connectivity index (χ1) is 11.3. The van der Waals surface area contributed by atoms with Crippen LogP contribution in [0.1, 0.15) is 24.8 Å². The van der Waals surface area contributed by atoms with Crippen molar-refractivity contribution in [3.8, 4) is 0 Å². The van der Waals surface area contributed by atoms with Gasteiger partial charge in [0.15, 0.2) is 9.84 Å². The molecule has 1 heterocycles. The van der Waals surface area contributed by atoms with Crippen LogP contribution in [0.2, 0.25) is 0 Å². The molecule has 0 unspecified atom stereocenters. The molecule has 130 valence electrons. The molecule has 1 atom stereocenters. The maximum absolute atomic E-state index is 13.0. The Labute approximate surface area is 139 Å². The molecule has 6 nitrogen and oxygen atoms in total. The van der Waals surface area contributed by atoms with Crippen LogP contribution >= 0.6 is 0 Å². The lowest BCUT2D eigenvalue weighted by atomic mass is 9.95. The average molecular weight is 354 g/mol. The molecular formula is C16H19FN2O4S. The second-order valence-electron chi connectivity index (χ2n) is 6.44. The van der Waals surface area contributed by atoms with Crippen molar-refractivity contribution in [1.29, 1.82) is 0 Å². The number of benzene rings is 1. The number of carbonyl (C=O) groups excluding carboxylic acids is 2. The molecule has 3 rings (SSSR count).